The monoisotopic (exact) mass is 404 g/mol. The fraction of sp³-hybridized carbons (Fsp3) is 0.240. The van der Waals surface area contributed by atoms with Gasteiger partial charge in [0.05, 0.1) is 33.6 Å². The molecule has 0 atom stereocenters. The van der Waals surface area contributed by atoms with E-state index in [1.807, 2.05) is 42.5 Å². The maximum Gasteiger partial charge on any atom is 0.224 e. The van der Waals surface area contributed by atoms with Crippen LogP contribution in [0.2, 0.25) is 0 Å². The lowest BCUT2D eigenvalue weighted by atomic mass is 10.0. The van der Waals surface area contributed by atoms with Crippen LogP contribution in [0.15, 0.2) is 78.9 Å². The van der Waals surface area contributed by atoms with Gasteiger partial charge in [0, 0.05) is 0 Å². The third-order valence-electron chi connectivity index (χ3n) is 4.73. The Balaban J connectivity index is 1.46. The molecule has 0 aliphatic heterocycles. The number of nitrogens with one attached hydrogen (secondary N) is 1. The quantitative estimate of drug-likeness (QED) is 0.430. The summed E-state index contributed by atoms with van der Waals surface area (Å²) in [4.78, 5) is 12.0. The molecule has 3 aromatic carbocycles. The zero-order chi connectivity index (χ0) is 21.4. The Kier molecular flexibility index (Phi) is 7.22. The lowest BCUT2D eigenvalue weighted by molar-refractivity contribution is -0.838. The number of carbonyl (C=O) groups is 1. The first-order chi connectivity index (χ1) is 14.4. The Morgan fingerprint density at radius 2 is 1.47 bits per heavy atom. The van der Waals surface area contributed by atoms with Crippen LogP contribution in [0.25, 0.3) is 11.1 Å². The van der Waals surface area contributed by atoms with Crippen molar-refractivity contribution in [2.24, 2.45) is 0 Å². The number of likely N-dealkylation sites (N-methyl/N-ethyl adjacent to an activating group) is 1. The van der Waals surface area contributed by atoms with Gasteiger partial charge in [-0.15, -0.1) is 0 Å². The van der Waals surface area contributed by atoms with Crippen LogP contribution in [-0.2, 0) is 17.8 Å². The van der Waals surface area contributed by atoms with E-state index in [4.69, 9.17) is 4.74 Å². The summed E-state index contributed by atoms with van der Waals surface area (Å²) in [6.45, 7) is 1.21. The van der Waals surface area contributed by atoms with E-state index in [9.17, 15) is 10.0 Å². The number of quaternary nitrogens is 1. The largest absolute Gasteiger partial charge is 0.633 e. The number of hydroxylamine groups is 3. The maximum absolute atomic E-state index is 12.0. The fourth-order valence-corrected chi connectivity index (χ4v) is 3.01. The number of benzene rings is 3. The van der Waals surface area contributed by atoms with E-state index >= 15 is 0 Å². The second-order valence-electron chi connectivity index (χ2n) is 7.82. The van der Waals surface area contributed by atoms with Gasteiger partial charge in [-0.1, -0.05) is 66.7 Å². The molecule has 1 N–H and O–H groups in total. The predicted octanol–water partition coefficient (Wildman–Crippen LogP) is 4.17. The molecule has 0 heterocycles. The molecule has 3 aromatic rings. The van der Waals surface area contributed by atoms with Gasteiger partial charge in [0.2, 0.25) is 5.91 Å². The molecular weight excluding hydrogens is 376 g/mol. The van der Waals surface area contributed by atoms with Crippen LogP contribution in [0.4, 0.5) is 0 Å². The fourth-order valence-electron chi connectivity index (χ4n) is 3.01. The van der Waals surface area contributed by atoms with Gasteiger partial charge in [-0.2, -0.15) is 0 Å². The van der Waals surface area contributed by atoms with Crippen molar-refractivity contribution in [1.82, 2.24) is 5.32 Å². The molecule has 0 aromatic heterocycles. The van der Waals surface area contributed by atoms with Crippen molar-refractivity contribution in [3.05, 3.63) is 95.2 Å². The van der Waals surface area contributed by atoms with Gasteiger partial charge in [-0.3, -0.25) is 4.79 Å². The first-order valence-corrected chi connectivity index (χ1v) is 10.1. The van der Waals surface area contributed by atoms with Gasteiger partial charge >= 0.3 is 0 Å². The van der Waals surface area contributed by atoms with Crippen molar-refractivity contribution in [1.29, 1.82) is 0 Å². The predicted molar refractivity (Wildman–Crippen MR) is 120 cm³/mol. The Morgan fingerprint density at radius 1 is 0.867 bits per heavy atom. The van der Waals surface area contributed by atoms with E-state index in [1.165, 1.54) is 11.1 Å². The average Bonchev–Trinajstić information content (AvgIpc) is 2.73. The molecule has 1 amide bonds. The summed E-state index contributed by atoms with van der Waals surface area (Å²) < 4.78 is 5.45. The Hall–Kier alpha value is -3.15. The van der Waals surface area contributed by atoms with E-state index in [-0.39, 0.29) is 12.3 Å². The first kappa shape index (κ1) is 21.6. The molecule has 0 radical (unpaired) electrons. The smallest absolute Gasteiger partial charge is 0.224 e. The molecule has 0 spiro atoms. The van der Waals surface area contributed by atoms with E-state index in [2.05, 4.69) is 41.7 Å². The number of ether oxygens (including phenoxy) is 1. The van der Waals surface area contributed by atoms with Crippen LogP contribution >= 0.6 is 0 Å². The highest BCUT2D eigenvalue weighted by molar-refractivity contribution is 5.78. The van der Waals surface area contributed by atoms with Crippen LogP contribution in [0, 0.1) is 5.21 Å². The minimum Gasteiger partial charge on any atom is -0.633 e. The zero-order valence-corrected chi connectivity index (χ0v) is 17.5. The van der Waals surface area contributed by atoms with Crippen LogP contribution in [0.1, 0.15) is 11.1 Å². The second kappa shape index (κ2) is 10.1. The van der Waals surface area contributed by atoms with E-state index in [1.54, 1.807) is 14.1 Å². The van der Waals surface area contributed by atoms with Gasteiger partial charge in [-0.05, 0) is 34.4 Å². The van der Waals surface area contributed by atoms with Crippen LogP contribution in [0.5, 0.6) is 5.75 Å². The summed E-state index contributed by atoms with van der Waals surface area (Å²) in [7, 11) is 3.12. The average molecular weight is 405 g/mol. The lowest BCUT2D eigenvalue weighted by Crippen LogP contribution is -2.40. The molecule has 0 saturated heterocycles. The van der Waals surface area contributed by atoms with Crippen LogP contribution < -0.4 is 10.1 Å². The van der Waals surface area contributed by atoms with Crippen molar-refractivity contribution in [2.75, 3.05) is 27.2 Å². The number of hydrogen-bond donors (Lipinski definition) is 1. The molecule has 5 heteroatoms. The highest BCUT2D eigenvalue weighted by atomic mass is 16.5. The Morgan fingerprint density at radius 3 is 2.10 bits per heavy atom. The van der Waals surface area contributed by atoms with Crippen molar-refractivity contribution in [3.8, 4) is 16.9 Å². The van der Waals surface area contributed by atoms with Crippen molar-refractivity contribution in [3.63, 3.8) is 0 Å². The number of nitrogens with zero attached hydrogens (tertiary/aromatic N) is 1. The van der Waals surface area contributed by atoms with Gasteiger partial charge in [0.1, 0.15) is 12.4 Å². The van der Waals surface area contributed by atoms with Crippen molar-refractivity contribution >= 4 is 5.91 Å². The molecule has 0 aliphatic carbocycles. The van der Waals surface area contributed by atoms with Crippen molar-refractivity contribution < 1.29 is 14.2 Å². The number of hydrogen-bond acceptors (Lipinski definition) is 3. The molecular formula is C25H28N2O3. The van der Waals surface area contributed by atoms with E-state index in [0.717, 1.165) is 16.9 Å². The highest BCUT2D eigenvalue weighted by Gasteiger charge is 2.06. The normalized spacial score (nSPS) is 11.2. The van der Waals surface area contributed by atoms with Crippen LogP contribution in [0.3, 0.4) is 0 Å². The summed E-state index contributed by atoms with van der Waals surface area (Å²) in [5.74, 6) is 0.673. The number of amides is 1. The number of carbonyl (C=O) groups excluding carboxylic acids is 1. The summed E-state index contributed by atoms with van der Waals surface area (Å²) in [5.41, 5.74) is 4.38. The van der Waals surface area contributed by atoms with Gasteiger partial charge in [-0.25, -0.2) is 0 Å². The minimum absolute atomic E-state index is 0.0874. The molecule has 3 rings (SSSR count). The lowest BCUT2D eigenvalue weighted by Gasteiger charge is -2.33. The van der Waals surface area contributed by atoms with E-state index in [0.29, 0.717) is 19.7 Å². The highest BCUT2D eigenvalue weighted by Crippen LogP contribution is 2.20. The SMILES string of the molecule is C[N+](C)([O-])CCNC(=O)Cc1ccc(OCc2ccc(-c3ccccc3)cc2)cc1. The van der Waals surface area contributed by atoms with Gasteiger partial charge in [0.15, 0.2) is 0 Å². The Bertz CT molecular complexity index is 931. The van der Waals surface area contributed by atoms with Gasteiger partial charge in [0.25, 0.3) is 0 Å². The maximum atomic E-state index is 12.0. The Labute approximate surface area is 178 Å². The molecule has 0 unspecified atom stereocenters. The summed E-state index contributed by atoms with van der Waals surface area (Å²) in [6, 6.07) is 26.1. The zero-order valence-electron chi connectivity index (χ0n) is 17.5. The first-order valence-electron chi connectivity index (χ1n) is 10.1. The summed E-state index contributed by atoms with van der Waals surface area (Å²) in [5, 5.41) is 14.3. The van der Waals surface area contributed by atoms with Gasteiger partial charge < -0.3 is 19.9 Å². The minimum atomic E-state index is -0.415. The van der Waals surface area contributed by atoms with Crippen LogP contribution in [-0.4, -0.2) is 37.7 Å². The van der Waals surface area contributed by atoms with E-state index < -0.39 is 4.65 Å². The third-order valence-corrected chi connectivity index (χ3v) is 4.73. The van der Waals surface area contributed by atoms with Crippen molar-refractivity contribution in [2.45, 2.75) is 13.0 Å². The number of rotatable bonds is 9. The molecule has 5 nitrogen and oxygen atoms in total. The molecule has 0 bridgehead atoms. The molecule has 0 saturated carbocycles. The topological polar surface area (TPSA) is 61.4 Å². The summed E-state index contributed by atoms with van der Waals surface area (Å²) in [6.07, 6.45) is 0.285. The summed E-state index contributed by atoms with van der Waals surface area (Å²) >= 11 is 0. The molecule has 30 heavy (non-hydrogen) atoms. The third kappa shape index (κ3) is 7.03. The molecule has 0 aliphatic rings. The second-order valence-corrected chi connectivity index (χ2v) is 7.82. The molecule has 0 fully saturated rings. The molecule has 156 valence electrons. The standard InChI is InChI=1S/C25H28N2O3/c1-27(2,29)17-16-26-25(28)18-20-10-14-24(15-11-20)30-19-21-8-12-23(13-9-21)22-6-4-3-5-7-22/h3-15H,16-19H2,1-2H3,(H,26,28).